The molecule has 1 aromatic heterocycles. The Kier molecular flexibility index (Phi) is 3.76. The molecule has 0 fully saturated rings. The van der Waals surface area contributed by atoms with Gasteiger partial charge in [0.1, 0.15) is 6.33 Å². The maximum absolute atomic E-state index is 11.9. The Morgan fingerprint density at radius 1 is 1.00 bits per heavy atom. The number of benzene rings is 3. The van der Waals surface area contributed by atoms with E-state index in [-0.39, 0.29) is 12.7 Å². The summed E-state index contributed by atoms with van der Waals surface area (Å²) in [4.78, 5) is 16.3. The highest BCUT2D eigenvalue weighted by molar-refractivity contribution is 5.97. The molecule has 0 saturated heterocycles. The average Bonchev–Trinajstić information content (AvgIpc) is 3.39. The first kappa shape index (κ1) is 16.4. The van der Waals surface area contributed by atoms with Crippen molar-refractivity contribution in [3.63, 3.8) is 0 Å². The van der Waals surface area contributed by atoms with Crippen LogP contribution >= 0.6 is 0 Å². The summed E-state index contributed by atoms with van der Waals surface area (Å²) in [5, 5.41) is 2.64. The predicted octanol–water partition coefficient (Wildman–Crippen LogP) is 3.78. The van der Waals surface area contributed by atoms with Crippen LogP contribution in [0.2, 0.25) is 0 Å². The number of hydrogen-bond donors (Lipinski definition) is 1. The van der Waals surface area contributed by atoms with Crippen molar-refractivity contribution in [2.45, 2.75) is 0 Å². The van der Waals surface area contributed by atoms with Gasteiger partial charge >= 0.3 is 0 Å². The van der Waals surface area contributed by atoms with Crippen LogP contribution < -0.4 is 14.8 Å². The van der Waals surface area contributed by atoms with Crippen LogP contribution in [0.3, 0.4) is 0 Å². The molecular weight excluding hydrogens is 354 g/mol. The second kappa shape index (κ2) is 6.42. The molecule has 4 aromatic rings. The van der Waals surface area contributed by atoms with E-state index in [1.165, 1.54) is 0 Å². The zero-order valence-electron chi connectivity index (χ0n) is 15.2. The molecule has 0 aliphatic carbocycles. The van der Waals surface area contributed by atoms with E-state index in [0.717, 1.165) is 39.3 Å². The van der Waals surface area contributed by atoms with Gasteiger partial charge in [-0.1, -0.05) is 18.2 Å². The fourth-order valence-corrected chi connectivity index (χ4v) is 3.42. The monoisotopic (exact) mass is 371 g/mol. The molecule has 28 heavy (non-hydrogen) atoms. The third-order valence-corrected chi connectivity index (χ3v) is 4.87. The van der Waals surface area contributed by atoms with Crippen LogP contribution in [0.4, 0.5) is 0 Å². The molecule has 0 spiro atoms. The van der Waals surface area contributed by atoms with Gasteiger partial charge in [-0.25, -0.2) is 4.98 Å². The molecule has 1 amide bonds. The molecule has 1 aliphatic heterocycles. The van der Waals surface area contributed by atoms with E-state index in [1.807, 2.05) is 41.0 Å². The number of fused-ring (bicyclic) bond motifs is 2. The smallest absolute Gasteiger partial charge is 0.251 e. The predicted molar refractivity (Wildman–Crippen MR) is 106 cm³/mol. The van der Waals surface area contributed by atoms with Gasteiger partial charge in [0.2, 0.25) is 6.79 Å². The van der Waals surface area contributed by atoms with Gasteiger partial charge in [0.15, 0.2) is 11.5 Å². The lowest BCUT2D eigenvalue weighted by atomic mass is 10.0. The van der Waals surface area contributed by atoms with Gasteiger partial charge in [0.25, 0.3) is 5.91 Å². The molecule has 1 aliphatic rings. The Labute approximate surface area is 161 Å². The Morgan fingerprint density at radius 3 is 2.75 bits per heavy atom. The normalized spacial score (nSPS) is 12.3. The number of ether oxygens (including phenoxy) is 2. The molecule has 1 N–H and O–H groups in total. The zero-order chi connectivity index (χ0) is 19.1. The number of amides is 1. The third-order valence-electron chi connectivity index (χ3n) is 4.87. The number of aromatic nitrogens is 2. The van der Waals surface area contributed by atoms with Crippen LogP contribution in [0.5, 0.6) is 11.5 Å². The lowest BCUT2D eigenvalue weighted by molar-refractivity contribution is 0.0963. The van der Waals surface area contributed by atoms with Crippen LogP contribution in [0, 0.1) is 0 Å². The van der Waals surface area contributed by atoms with E-state index in [4.69, 9.17) is 9.47 Å². The Balaban J connectivity index is 1.55. The maximum atomic E-state index is 11.9. The second-order valence-corrected chi connectivity index (χ2v) is 6.52. The third kappa shape index (κ3) is 2.66. The van der Waals surface area contributed by atoms with Gasteiger partial charge in [0.05, 0.1) is 11.0 Å². The van der Waals surface area contributed by atoms with Crippen molar-refractivity contribution in [1.82, 2.24) is 14.9 Å². The van der Waals surface area contributed by atoms with Crippen molar-refractivity contribution in [3.8, 4) is 28.3 Å². The second-order valence-electron chi connectivity index (χ2n) is 6.52. The maximum Gasteiger partial charge on any atom is 0.251 e. The van der Waals surface area contributed by atoms with Crippen molar-refractivity contribution < 1.29 is 14.3 Å². The molecule has 6 heteroatoms. The van der Waals surface area contributed by atoms with E-state index in [1.54, 1.807) is 25.5 Å². The summed E-state index contributed by atoms with van der Waals surface area (Å²) < 4.78 is 12.9. The standard InChI is InChI=1S/C22H17N3O3/c1-23-22(26)16-5-7-19-18(10-16)24-12-25(19)17-4-2-3-14(9-17)15-6-8-20-21(11-15)28-13-27-20/h2-12H,13H2,1H3,(H,23,26). The van der Waals surface area contributed by atoms with Crippen LogP contribution in [-0.4, -0.2) is 29.3 Å². The summed E-state index contributed by atoms with van der Waals surface area (Å²) in [6.07, 6.45) is 1.77. The van der Waals surface area contributed by atoms with Gasteiger partial charge in [-0.2, -0.15) is 0 Å². The summed E-state index contributed by atoms with van der Waals surface area (Å²) in [6.45, 7) is 0.262. The first-order valence-electron chi connectivity index (χ1n) is 8.92. The molecule has 0 bridgehead atoms. The van der Waals surface area contributed by atoms with E-state index in [0.29, 0.717) is 5.56 Å². The summed E-state index contributed by atoms with van der Waals surface area (Å²) >= 11 is 0. The minimum Gasteiger partial charge on any atom is -0.454 e. The van der Waals surface area contributed by atoms with Crippen molar-refractivity contribution in [3.05, 3.63) is 72.6 Å². The molecule has 0 unspecified atom stereocenters. The van der Waals surface area contributed by atoms with Crippen LogP contribution in [0.25, 0.3) is 27.8 Å². The molecule has 5 rings (SSSR count). The van der Waals surface area contributed by atoms with Crippen molar-refractivity contribution in [2.75, 3.05) is 13.8 Å². The van der Waals surface area contributed by atoms with Gasteiger partial charge in [0, 0.05) is 18.3 Å². The van der Waals surface area contributed by atoms with Crippen molar-refractivity contribution >= 4 is 16.9 Å². The van der Waals surface area contributed by atoms with Gasteiger partial charge in [-0.05, 0) is 53.6 Å². The van der Waals surface area contributed by atoms with Crippen molar-refractivity contribution in [1.29, 1.82) is 0 Å². The molecule has 2 heterocycles. The lowest BCUT2D eigenvalue weighted by Crippen LogP contribution is -2.17. The number of rotatable bonds is 3. The first-order chi connectivity index (χ1) is 13.7. The number of carbonyl (C=O) groups excluding carboxylic acids is 1. The quantitative estimate of drug-likeness (QED) is 0.595. The van der Waals surface area contributed by atoms with E-state index in [9.17, 15) is 4.79 Å². The largest absolute Gasteiger partial charge is 0.454 e. The van der Waals surface area contributed by atoms with Gasteiger partial charge in [-0.3, -0.25) is 9.36 Å². The van der Waals surface area contributed by atoms with E-state index >= 15 is 0 Å². The molecule has 0 saturated carbocycles. The minimum absolute atomic E-state index is 0.124. The van der Waals surface area contributed by atoms with Crippen LogP contribution in [-0.2, 0) is 0 Å². The Morgan fingerprint density at radius 2 is 1.86 bits per heavy atom. The summed E-state index contributed by atoms with van der Waals surface area (Å²) in [5.41, 5.74) is 5.42. The molecule has 3 aromatic carbocycles. The number of hydrogen-bond acceptors (Lipinski definition) is 4. The summed E-state index contributed by atoms with van der Waals surface area (Å²) in [6, 6.07) is 19.7. The molecule has 138 valence electrons. The fraction of sp³-hybridized carbons (Fsp3) is 0.0909. The number of imidazole rings is 1. The number of carbonyl (C=O) groups is 1. The fourth-order valence-electron chi connectivity index (χ4n) is 3.42. The van der Waals surface area contributed by atoms with E-state index in [2.05, 4.69) is 22.4 Å². The van der Waals surface area contributed by atoms with Gasteiger partial charge in [-0.15, -0.1) is 0 Å². The SMILES string of the molecule is CNC(=O)c1ccc2c(c1)ncn2-c1cccc(-c2ccc3c(c2)OCO3)c1. The van der Waals surface area contributed by atoms with Gasteiger partial charge < -0.3 is 14.8 Å². The highest BCUT2D eigenvalue weighted by Gasteiger charge is 2.14. The summed E-state index contributed by atoms with van der Waals surface area (Å²) in [7, 11) is 1.62. The number of nitrogens with zero attached hydrogens (tertiary/aromatic N) is 2. The van der Waals surface area contributed by atoms with Crippen LogP contribution in [0.15, 0.2) is 67.0 Å². The molecule has 0 atom stereocenters. The van der Waals surface area contributed by atoms with E-state index < -0.39 is 0 Å². The van der Waals surface area contributed by atoms with Crippen LogP contribution in [0.1, 0.15) is 10.4 Å². The topological polar surface area (TPSA) is 65.4 Å². The van der Waals surface area contributed by atoms with Crippen molar-refractivity contribution in [2.24, 2.45) is 0 Å². The minimum atomic E-state index is -0.124. The highest BCUT2D eigenvalue weighted by atomic mass is 16.7. The summed E-state index contributed by atoms with van der Waals surface area (Å²) in [5.74, 6) is 1.41. The number of nitrogens with one attached hydrogen (secondary N) is 1. The average molecular weight is 371 g/mol. The first-order valence-corrected chi connectivity index (χ1v) is 8.92. The molecular formula is C22H17N3O3. The Bertz CT molecular complexity index is 1210. The Hall–Kier alpha value is -3.80. The zero-order valence-corrected chi connectivity index (χ0v) is 15.2. The highest BCUT2D eigenvalue weighted by Crippen LogP contribution is 2.36. The molecule has 0 radical (unpaired) electrons. The molecule has 6 nitrogen and oxygen atoms in total. The lowest BCUT2D eigenvalue weighted by Gasteiger charge is -2.09.